The van der Waals surface area contributed by atoms with Crippen molar-refractivity contribution in [3.8, 4) is 0 Å². The number of amides is 3. The standard InChI is InChI=1S/C25H31FN4O4/c1-2-34-24(33)30-9-5-18(6-10-30)27-22(31)19-15-25(19)7-11-29(12-8-25)23(32)21-14-16-13-17(26)3-4-20(16)28-21/h3-4,13-14,18-19,28H,2,5-12,15H2,1H3,(H,27,31). The molecule has 5 rings (SSSR count). The Hall–Kier alpha value is -3.10. The molecular formula is C25H31FN4O4. The molecule has 3 heterocycles. The van der Waals surface area contributed by atoms with Gasteiger partial charge in [0.2, 0.25) is 5.91 Å². The Morgan fingerprint density at radius 3 is 2.56 bits per heavy atom. The number of carbonyl (C=O) groups is 3. The summed E-state index contributed by atoms with van der Waals surface area (Å²) in [7, 11) is 0. The van der Waals surface area contributed by atoms with E-state index in [1.807, 2.05) is 4.90 Å². The van der Waals surface area contributed by atoms with Gasteiger partial charge >= 0.3 is 6.09 Å². The van der Waals surface area contributed by atoms with Gasteiger partial charge in [-0.05, 0) is 68.7 Å². The maximum Gasteiger partial charge on any atom is 0.409 e. The van der Waals surface area contributed by atoms with Crippen molar-refractivity contribution in [2.75, 3.05) is 32.8 Å². The molecule has 0 radical (unpaired) electrons. The first-order valence-electron chi connectivity index (χ1n) is 12.2. The second kappa shape index (κ2) is 8.92. The monoisotopic (exact) mass is 470 g/mol. The van der Waals surface area contributed by atoms with Crippen LogP contribution in [0.1, 0.15) is 49.5 Å². The predicted octanol–water partition coefficient (Wildman–Crippen LogP) is 3.29. The van der Waals surface area contributed by atoms with Crippen LogP contribution >= 0.6 is 0 Å². The molecular weight excluding hydrogens is 439 g/mol. The van der Waals surface area contributed by atoms with Crippen LogP contribution in [0, 0.1) is 17.2 Å². The number of H-pyrrole nitrogens is 1. The van der Waals surface area contributed by atoms with Crippen molar-refractivity contribution in [3.63, 3.8) is 0 Å². The molecule has 1 atom stereocenters. The van der Waals surface area contributed by atoms with Gasteiger partial charge in [-0.15, -0.1) is 0 Å². The Bertz CT molecular complexity index is 1100. The number of halogens is 1. The van der Waals surface area contributed by atoms with Crippen molar-refractivity contribution in [2.45, 2.75) is 45.1 Å². The Morgan fingerprint density at radius 2 is 1.85 bits per heavy atom. The fourth-order valence-corrected chi connectivity index (χ4v) is 5.54. The molecule has 0 bridgehead atoms. The van der Waals surface area contributed by atoms with Crippen molar-refractivity contribution in [3.05, 3.63) is 35.8 Å². The summed E-state index contributed by atoms with van der Waals surface area (Å²) in [6.07, 6.45) is 3.69. The van der Waals surface area contributed by atoms with E-state index < -0.39 is 0 Å². The first-order valence-corrected chi connectivity index (χ1v) is 12.2. The third kappa shape index (κ3) is 4.35. The van der Waals surface area contributed by atoms with E-state index >= 15 is 0 Å². The molecule has 2 N–H and O–H groups in total. The van der Waals surface area contributed by atoms with E-state index in [0.717, 1.165) is 37.6 Å². The molecule has 182 valence electrons. The molecule has 3 amide bonds. The lowest BCUT2D eigenvalue weighted by Crippen LogP contribution is -2.47. The number of nitrogens with one attached hydrogen (secondary N) is 2. The van der Waals surface area contributed by atoms with Crippen LogP contribution in [0.4, 0.5) is 9.18 Å². The Labute approximate surface area is 197 Å². The van der Waals surface area contributed by atoms with Gasteiger partial charge in [-0.2, -0.15) is 0 Å². The van der Waals surface area contributed by atoms with Crippen LogP contribution in [-0.2, 0) is 9.53 Å². The van der Waals surface area contributed by atoms with Gasteiger partial charge in [0.15, 0.2) is 0 Å². The maximum atomic E-state index is 13.5. The SMILES string of the molecule is CCOC(=O)N1CCC(NC(=O)C2CC23CCN(C(=O)c2cc4cc(F)ccc4[nH]2)CC3)CC1. The van der Waals surface area contributed by atoms with E-state index in [4.69, 9.17) is 4.74 Å². The number of nitrogens with zero attached hydrogens (tertiary/aromatic N) is 2. The van der Waals surface area contributed by atoms with Gasteiger partial charge < -0.3 is 24.8 Å². The molecule has 1 saturated carbocycles. The molecule has 9 heteroatoms. The highest BCUT2D eigenvalue weighted by Gasteiger charge is 2.59. The molecule has 3 aliphatic rings. The zero-order valence-electron chi connectivity index (χ0n) is 19.4. The van der Waals surface area contributed by atoms with Crippen LogP contribution in [0.2, 0.25) is 0 Å². The third-order valence-corrected chi connectivity index (χ3v) is 7.73. The number of hydrogen-bond donors (Lipinski definition) is 2. The maximum absolute atomic E-state index is 13.5. The zero-order valence-corrected chi connectivity index (χ0v) is 19.4. The van der Waals surface area contributed by atoms with Crippen LogP contribution in [0.3, 0.4) is 0 Å². The number of hydrogen-bond acceptors (Lipinski definition) is 4. The number of aromatic amines is 1. The highest BCUT2D eigenvalue weighted by molar-refractivity contribution is 5.98. The average Bonchev–Trinajstić information content (AvgIpc) is 3.36. The van der Waals surface area contributed by atoms with E-state index in [2.05, 4.69) is 10.3 Å². The van der Waals surface area contributed by atoms with Crippen molar-refractivity contribution in [1.82, 2.24) is 20.1 Å². The summed E-state index contributed by atoms with van der Waals surface area (Å²) < 4.78 is 18.5. The van der Waals surface area contributed by atoms with Crippen LogP contribution in [0.25, 0.3) is 10.9 Å². The number of fused-ring (bicyclic) bond motifs is 1. The lowest BCUT2D eigenvalue weighted by molar-refractivity contribution is -0.124. The van der Waals surface area contributed by atoms with Gasteiger partial charge in [0.1, 0.15) is 11.5 Å². The molecule has 2 aromatic rings. The van der Waals surface area contributed by atoms with Gasteiger partial charge in [-0.1, -0.05) is 0 Å². The lowest BCUT2D eigenvalue weighted by Gasteiger charge is -2.33. The molecule has 1 unspecified atom stereocenters. The number of likely N-dealkylation sites (tertiary alicyclic amines) is 2. The van der Waals surface area contributed by atoms with Gasteiger partial charge in [0.25, 0.3) is 5.91 Å². The Kier molecular flexibility index (Phi) is 5.95. The summed E-state index contributed by atoms with van der Waals surface area (Å²) in [5.41, 5.74) is 1.21. The minimum absolute atomic E-state index is 0.00360. The number of ether oxygens (including phenoxy) is 1. The van der Waals surface area contributed by atoms with Crippen LogP contribution in [0.5, 0.6) is 0 Å². The summed E-state index contributed by atoms with van der Waals surface area (Å²) in [6, 6.07) is 6.22. The van der Waals surface area contributed by atoms with Crippen molar-refractivity contribution >= 4 is 28.8 Å². The second-order valence-electron chi connectivity index (χ2n) is 9.79. The van der Waals surface area contributed by atoms with Crippen molar-refractivity contribution in [2.24, 2.45) is 11.3 Å². The van der Waals surface area contributed by atoms with E-state index in [1.54, 1.807) is 24.0 Å². The Morgan fingerprint density at radius 1 is 1.12 bits per heavy atom. The van der Waals surface area contributed by atoms with Gasteiger partial charge in [0.05, 0.1) is 6.61 Å². The molecule has 34 heavy (non-hydrogen) atoms. The summed E-state index contributed by atoms with van der Waals surface area (Å²) in [6.45, 7) is 4.58. The molecule has 1 spiro atoms. The zero-order chi connectivity index (χ0) is 23.9. The van der Waals surface area contributed by atoms with E-state index in [1.165, 1.54) is 12.1 Å². The largest absolute Gasteiger partial charge is 0.450 e. The predicted molar refractivity (Wildman–Crippen MR) is 124 cm³/mol. The minimum atomic E-state index is -0.326. The molecule has 1 aliphatic carbocycles. The topological polar surface area (TPSA) is 94.7 Å². The number of benzene rings is 1. The van der Waals surface area contributed by atoms with E-state index in [9.17, 15) is 18.8 Å². The number of rotatable bonds is 4. The Balaban J connectivity index is 1.10. The van der Waals surface area contributed by atoms with Crippen LogP contribution < -0.4 is 5.32 Å². The number of carbonyl (C=O) groups excluding carboxylic acids is 3. The summed E-state index contributed by atoms with van der Waals surface area (Å²) in [4.78, 5) is 44.3. The second-order valence-corrected chi connectivity index (χ2v) is 9.79. The summed E-state index contributed by atoms with van der Waals surface area (Å²) in [5.74, 6) is -0.301. The van der Waals surface area contributed by atoms with Crippen molar-refractivity contribution in [1.29, 1.82) is 0 Å². The fourth-order valence-electron chi connectivity index (χ4n) is 5.54. The van der Waals surface area contributed by atoms with E-state index in [-0.39, 0.29) is 41.1 Å². The first kappa shape index (κ1) is 22.7. The lowest BCUT2D eigenvalue weighted by atomic mass is 9.90. The highest BCUT2D eigenvalue weighted by atomic mass is 19.1. The van der Waals surface area contributed by atoms with Crippen LogP contribution in [-0.4, -0.2) is 71.5 Å². The van der Waals surface area contributed by atoms with Crippen LogP contribution in [0.15, 0.2) is 24.3 Å². The third-order valence-electron chi connectivity index (χ3n) is 7.73. The molecule has 1 aromatic carbocycles. The molecule has 2 aliphatic heterocycles. The fraction of sp³-hybridized carbons (Fsp3) is 0.560. The highest BCUT2D eigenvalue weighted by Crippen LogP contribution is 2.59. The molecule has 3 fully saturated rings. The minimum Gasteiger partial charge on any atom is -0.450 e. The quantitative estimate of drug-likeness (QED) is 0.717. The molecule has 8 nitrogen and oxygen atoms in total. The van der Waals surface area contributed by atoms with E-state index in [0.29, 0.717) is 43.9 Å². The summed E-state index contributed by atoms with van der Waals surface area (Å²) in [5, 5.41) is 3.87. The van der Waals surface area contributed by atoms with Gasteiger partial charge in [-0.25, -0.2) is 9.18 Å². The van der Waals surface area contributed by atoms with Gasteiger partial charge in [-0.3, -0.25) is 9.59 Å². The number of aromatic nitrogens is 1. The normalized spacial score (nSPS) is 22.1. The van der Waals surface area contributed by atoms with Crippen molar-refractivity contribution < 1.29 is 23.5 Å². The smallest absolute Gasteiger partial charge is 0.409 e. The summed E-state index contributed by atoms with van der Waals surface area (Å²) >= 11 is 0. The average molecular weight is 471 g/mol. The first-order chi connectivity index (χ1) is 16.4. The molecule has 1 aromatic heterocycles. The molecule has 2 saturated heterocycles. The number of piperidine rings is 2. The van der Waals surface area contributed by atoms with Gasteiger partial charge in [0, 0.05) is 49.0 Å².